The van der Waals surface area contributed by atoms with E-state index in [9.17, 15) is 4.79 Å². The molecule has 1 fully saturated rings. The maximum Gasteiger partial charge on any atom is 0.251 e. The van der Waals surface area contributed by atoms with Gasteiger partial charge in [-0.2, -0.15) is 0 Å². The van der Waals surface area contributed by atoms with E-state index in [1.807, 2.05) is 31.2 Å². The van der Waals surface area contributed by atoms with Gasteiger partial charge in [0.05, 0.1) is 5.38 Å². The van der Waals surface area contributed by atoms with Gasteiger partial charge in [-0.05, 0) is 60.8 Å². The van der Waals surface area contributed by atoms with Crippen LogP contribution >= 0.6 is 11.6 Å². The summed E-state index contributed by atoms with van der Waals surface area (Å²) < 4.78 is 0. The number of rotatable bonds is 6. The molecule has 1 aromatic rings. The Morgan fingerprint density at radius 3 is 2.45 bits per heavy atom. The van der Waals surface area contributed by atoms with Gasteiger partial charge in [-0.1, -0.05) is 71.5 Å². The van der Waals surface area contributed by atoms with Gasteiger partial charge in [-0.3, -0.25) is 4.79 Å². The van der Waals surface area contributed by atoms with Crippen LogP contribution in [0.3, 0.4) is 0 Å². The molecule has 1 aliphatic carbocycles. The average molecular weight is 481 g/mol. The highest BCUT2D eigenvalue weighted by molar-refractivity contribution is 6.22. The van der Waals surface area contributed by atoms with Crippen molar-refractivity contribution in [2.75, 3.05) is 19.6 Å². The lowest BCUT2D eigenvalue weighted by molar-refractivity contribution is 0.0607. The number of nitrogens with zero attached hydrogens (tertiary/aromatic N) is 1. The van der Waals surface area contributed by atoms with Crippen molar-refractivity contribution < 1.29 is 15.7 Å². The maximum absolute atomic E-state index is 12.9. The smallest absolute Gasteiger partial charge is 0.251 e. The van der Waals surface area contributed by atoms with Gasteiger partial charge < -0.3 is 21.2 Å². The average Bonchev–Trinajstić information content (AvgIpc) is 2.68. The fourth-order valence-corrected chi connectivity index (χ4v) is 5.05. The summed E-state index contributed by atoms with van der Waals surface area (Å²) in [6.45, 7) is 14.1. The fraction of sp³-hybridized carbons (Fsp3) is 0.593. The molecule has 1 amide bonds. The van der Waals surface area contributed by atoms with Crippen LogP contribution in [0.1, 0.15) is 63.9 Å². The summed E-state index contributed by atoms with van der Waals surface area (Å²) in [7, 11) is 0. The van der Waals surface area contributed by atoms with Crippen LogP contribution in [0, 0.1) is 24.2 Å². The Labute approximate surface area is 205 Å². The summed E-state index contributed by atoms with van der Waals surface area (Å²) in [5, 5.41) is 3.45. The zero-order valence-corrected chi connectivity index (χ0v) is 20.9. The number of hydrogen-bond acceptors (Lipinski definition) is 2. The number of alkyl halides is 1. The van der Waals surface area contributed by atoms with Crippen LogP contribution in [-0.4, -0.2) is 52.8 Å². The van der Waals surface area contributed by atoms with Crippen molar-refractivity contribution in [2.45, 2.75) is 66.3 Å². The molecular weight excluding hydrogens is 436 g/mol. The summed E-state index contributed by atoms with van der Waals surface area (Å²) in [6, 6.07) is 7.94. The van der Waals surface area contributed by atoms with E-state index >= 15 is 0 Å². The van der Waals surface area contributed by atoms with E-state index < -0.39 is 0 Å². The second kappa shape index (κ2) is 13.3. The zero-order chi connectivity index (χ0) is 21.9. The molecule has 0 radical (unpaired) electrons. The number of halogens is 1. The number of aryl methyl sites for hydroxylation is 1. The van der Waals surface area contributed by atoms with Gasteiger partial charge in [-0.15, -0.1) is 11.6 Å². The third-order valence-corrected chi connectivity index (χ3v) is 7.08. The first kappa shape index (κ1) is 31.3. The van der Waals surface area contributed by atoms with Crippen LogP contribution in [0.15, 0.2) is 48.1 Å². The third-order valence-electron chi connectivity index (χ3n) is 6.75. The van der Waals surface area contributed by atoms with Crippen molar-refractivity contribution in [1.29, 1.82) is 0 Å². The predicted molar refractivity (Wildman–Crippen MR) is 141 cm³/mol. The normalized spacial score (nSPS) is 22.8. The molecule has 0 aromatic heterocycles. The fourth-order valence-electron chi connectivity index (χ4n) is 4.89. The standard InChI is InChI=1S/C26H37ClN2O.CH4.2H2O/c1-18(2)24(28-25(30)22-9-7-6-8-19(22)3)16-29-15-14-23(26(4,5)17-29)20-10-12-21(27)13-11-20;;;/h6-12,18,21,23-24H,13-17H2,1-5H3,(H,28,30);1H4;2*1H2/t21?,23-,24+;;;/m1.../s1. The maximum atomic E-state index is 12.9. The van der Waals surface area contributed by atoms with E-state index in [0.717, 1.165) is 43.6 Å². The quantitative estimate of drug-likeness (QED) is 0.603. The minimum Gasteiger partial charge on any atom is -0.412 e. The van der Waals surface area contributed by atoms with Gasteiger partial charge in [-0.25, -0.2) is 0 Å². The molecule has 5 nitrogen and oxygen atoms in total. The summed E-state index contributed by atoms with van der Waals surface area (Å²) in [6.07, 6.45) is 8.79. The van der Waals surface area contributed by atoms with Crippen LogP contribution in [0.4, 0.5) is 0 Å². The first-order valence-electron chi connectivity index (χ1n) is 11.3. The molecule has 3 atom stereocenters. The van der Waals surface area contributed by atoms with Crippen molar-refractivity contribution >= 4 is 17.5 Å². The van der Waals surface area contributed by atoms with Gasteiger partial charge in [0.1, 0.15) is 0 Å². The summed E-state index contributed by atoms with van der Waals surface area (Å²) in [4.78, 5) is 15.4. The molecule has 33 heavy (non-hydrogen) atoms. The van der Waals surface area contributed by atoms with Crippen LogP contribution in [0.5, 0.6) is 0 Å². The number of allylic oxidation sites excluding steroid dienone is 4. The topological polar surface area (TPSA) is 95.3 Å². The Kier molecular flexibility index (Phi) is 12.6. The van der Waals surface area contributed by atoms with E-state index in [0.29, 0.717) is 11.8 Å². The first-order valence-corrected chi connectivity index (χ1v) is 11.7. The third kappa shape index (κ3) is 7.96. The summed E-state index contributed by atoms with van der Waals surface area (Å²) in [5.74, 6) is 0.978. The van der Waals surface area contributed by atoms with Crippen molar-refractivity contribution in [1.82, 2.24) is 10.2 Å². The molecule has 5 N–H and O–H groups in total. The van der Waals surface area contributed by atoms with Gasteiger partial charge >= 0.3 is 0 Å². The highest BCUT2D eigenvalue weighted by Gasteiger charge is 2.38. The number of carbonyl (C=O) groups excluding carboxylic acids is 1. The lowest BCUT2D eigenvalue weighted by Crippen LogP contribution is -2.53. The van der Waals surface area contributed by atoms with Crippen LogP contribution < -0.4 is 5.32 Å². The molecule has 1 saturated heterocycles. The Hall–Kier alpha value is -1.66. The van der Waals surface area contributed by atoms with Crippen LogP contribution in [0.2, 0.25) is 0 Å². The van der Waals surface area contributed by atoms with E-state index in [1.165, 1.54) is 5.57 Å². The number of hydrogen-bond donors (Lipinski definition) is 1. The minimum atomic E-state index is 0. The predicted octanol–water partition coefficient (Wildman–Crippen LogP) is 4.58. The van der Waals surface area contributed by atoms with Crippen LogP contribution in [-0.2, 0) is 0 Å². The monoisotopic (exact) mass is 480 g/mol. The summed E-state index contributed by atoms with van der Waals surface area (Å²) >= 11 is 6.22. The number of benzene rings is 1. The number of carbonyl (C=O) groups is 1. The Morgan fingerprint density at radius 2 is 1.91 bits per heavy atom. The van der Waals surface area contributed by atoms with E-state index in [4.69, 9.17) is 11.6 Å². The summed E-state index contributed by atoms with van der Waals surface area (Å²) in [5.41, 5.74) is 3.43. The van der Waals surface area contributed by atoms with Crippen molar-refractivity contribution in [3.8, 4) is 0 Å². The van der Waals surface area contributed by atoms with Crippen molar-refractivity contribution in [2.24, 2.45) is 17.3 Å². The Bertz CT molecular complexity index is 819. The van der Waals surface area contributed by atoms with Crippen molar-refractivity contribution in [3.63, 3.8) is 0 Å². The van der Waals surface area contributed by atoms with E-state index in [-0.39, 0.29) is 41.1 Å². The molecule has 6 heteroatoms. The molecule has 0 saturated carbocycles. The molecule has 0 spiro atoms. The van der Waals surface area contributed by atoms with Gasteiger partial charge in [0.15, 0.2) is 0 Å². The second-order valence-corrected chi connectivity index (χ2v) is 10.6. The van der Waals surface area contributed by atoms with E-state index in [1.54, 1.807) is 0 Å². The minimum absolute atomic E-state index is 0. The molecule has 188 valence electrons. The highest BCUT2D eigenvalue weighted by Crippen LogP contribution is 2.41. The lowest BCUT2D eigenvalue weighted by atomic mass is 9.69. The molecule has 1 aromatic carbocycles. The Morgan fingerprint density at radius 1 is 1.24 bits per heavy atom. The van der Waals surface area contributed by atoms with Crippen molar-refractivity contribution in [3.05, 3.63) is 59.2 Å². The Balaban J connectivity index is 0.00000341. The number of piperidine rings is 1. The highest BCUT2D eigenvalue weighted by atomic mass is 35.5. The van der Waals surface area contributed by atoms with Crippen LogP contribution in [0.25, 0.3) is 0 Å². The molecule has 1 unspecified atom stereocenters. The molecule has 2 aliphatic rings. The number of amides is 1. The number of nitrogens with one attached hydrogen (secondary N) is 1. The van der Waals surface area contributed by atoms with Gasteiger partial charge in [0.2, 0.25) is 0 Å². The molecule has 1 heterocycles. The largest absolute Gasteiger partial charge is 0.412 e. The zero-order valence-electron chi connectivity index (χ0n) is 20.1. The van der Waals surface area contributed by atoms with Gasteiger partial charge in [0, 0.05) is 24.7 Å². The number of likely N-dealkylation sites (tertiary alicyclic amines) is 1. The SMILES string of the molecule is C.Cc1ccccc1C(=O)N[C@@H](CN1CC[C@H](C2=CCC(Cl)C=C2)C(C)(C)C1)C(C)C.O.O. The van der Waals surface area contributed by atoms with Gasteiger partial charge in [0.25, 0.3) is 5.91 Å². The second-order valence-electron chi connectivity index (χ2n) is 10.0. The molecule has 3 rings (SSSR count). The van der Waals surface area contributed by atoms with E-state index in [2.05, 4.69) is 56.1 Å². The molecule has 1 aliphatic heterocycles. The molecular formula is C27H45ClN2O3. The lowest BCUT2D eigenvalue weighted by Gasteiger charge is -2.46. The first-order chi connectivity index (χ1) is 14.2. The molecule has 0 bridgehead atoms.